The van der Waals surface area contributed by atoms with Gasteiger partial charge in [-0.3, -0.25) is 9.52 Å². The summed E-state index contributed by atoms with van der Waals surface area (Å²) in [7, 11) is -2.37. The van der Waals surface area contributed by atoms with Crippen LogP contribution in [0.2, 0.25) is 0 Å². The number of anilines is 2. The van der Waals surface area contributed by atoms with Crippen molar-refractivity contribution in [2.45, 2.75) is 18.7 Å². The van der Waals surface area contributed by atoms with E-state index >= 15 is 0 Å². The molecule has 1 heterocycles. The molecule has 9 heteroatoms. The van der Waals surface area contributed by atoms with Crippen molar-refractivity contribution in [3.63, 3.8) is 0 Å². The molecule has 1 aromatic heterocycles. The van der Waals surface area contributed by atoms with Crippen molar-refractivity contribution in [3.05, 3.63) is 89.8 Å². The molecule has 0 atom stereocenters. The molecular formula is C25H23N3O5S. The fourth-order valence-electron chi connectivity index (χ4n) is 3.21. The number of methoxy groups -OCH3 is 1. The van der Waals surface area contributed by atoms with Crippen LogP contribution in [0.4, 0.5) is 11.4 Å². The minimum atomic E-state index is -3.90. The number of aromatic nitrogens is 1. The quantitative estimate of drug-likeness (QED) is 0.387. The fourth-order valence-corrected chi connectivity index (χ4v) is 4.31. The van der Waals surface area contributed by atoms with Crippen LogP contribution in [0.3, 0.4) is 0 Å². The number of hydrogen-bond donors (Lipinski definition) is 2. The molecule has 2 N–H and O–H groups in total. The van der Waals surface area contributed by atoms with Gasteiger partial charge in [0.2, 0.25) is 5.89 Å². The van der Waals surface area contributed by atoms with Gasteiger partial charge in [0, 0.05) is 22.5 Å². The number of rotatable bonds is 7. The number of hydrogen-bond acceptors (Lipinski definition) is 6. The third-order valence-corrected chi connectivity index (χ3v) is 6.52. The molecule has 0 saturated heterocycles. The van der Waals surface area contributed by atoms with Crippen molar-refractivity contribution in [2.24, 2.45) is 0 Å². The molecule has 0 unspecified atom stereocenters. The van der Waals surface area contributed by atoms with Gasteiger partial charge in [0.05, 0.1) is 17.7 Å². The van der Waals surface area contributed by atoms with E-state index in [1.807, 2.05) is 19.9 Å². The molecule has 0 saturated carbocycles. The number of carbonyl (C=O) groups excluding carboxylic acids is 1. The van der Waals surface area contributed by atoms with Crippen molar-refractivity contribution < 1.29 is 22.4 Å². The maximum absolute atomic E-state index is 12.8. The van der Waals surface area contributed by atoms with E-state index in [2.05, 4.69) is 15.0 Å². The maximum Gasteiger partial charge on any atom is 0.261 e. The Morgan fingerprint density at radius 1 is 0.941 bits per heavy atom. The minimum absolute atomic E-state index is 0.0320. The number of oxazole rings is 1. The second kappa shape index (κ2) is 9.40. The number of nitrogens with one attached hydrogen (secondary N) is 2. The van der Waals surface area contributed by atoms with Gasteiger partial charge in [0.1, 0.15) is 11.5 Å². The van der Waals surface area contributed by atoms with Gasteiger partial charge in [-0.25, -0.2) is 13.4 Å². The lowest BCUT2D eigenvalue weighted by Crippen LogP contribution is -2.16. The number of aryl methyl sites for hydroxylation is 2. The summed E-state index contributed by atoms with van der Waals surface area (Å²) in [6.45, 7) is 3.69. The van der Waals surface area contributed by atoms with E-state index in [1.165, 1.54) is 25.3 Å². The Bertz CT molecular complexity index is 1420. The number of carbonyl (C=O) groups is 1. The fraction of sp³-hybridized carbons (Fsp3) is 0.120. The first-order chi connectivity index (χ1) is 16.2. The molecule has 4 rings (SSSR count). The van der Waals surface area contributed by atoms with Crippen molar-refractivity contribution in [2.75, 3.05) is 17.1 Å². The number of ether oxygens (including phenoxy) is 1. The Kier molecular flexibility index (Phi) is 6.38. The zero-order valence-corrected chi connectivity index (χ0v) is 19.6. The summed E-state index contributed by atoms with van der Waals surface area (Å²) in [6, 6.07) is 19.4. The average Bonchev–Trinajstić information content (AvgIpc) is 3.18. The molecule has 34 heavy (non-hydrogen) atoms. The number of sulfonamides is 1. The summed E-state index contributed by atoms with van der Waals surface area (Å²) in [5.41, 5.74) is 2.62. The van der Waals surface area contributed by atoms with Crippen molar-refractivity contribution >= 4 is 27.3 Å². The minimum Gasteiger partial charge on any atom is -0.497 e. The molecular weight excluding hydrogens is 454 g/mol. The van der Waals surface area contributed by atoms with Gasteiger partial charge in [0.15, 0.2) is 0 Å². The van der Waals surface area contributed by atoms with E-state index in [4.69, 9.17) is 9.15 Å². The second-order valence-corrected chi connectivity index (χ2v) is 9.24. The molecule has 174 valence electrons. The van der Waals surface area contributed by atoms with E-state index in [9.17, 15) is 13.2 Å². The Morgan fingerprint density at radius 3 is 2.35 bits per heavy atom. The third kappa shape index (κ3) is 5.10. The predicted octanol–water partition coefficient (Wildman–Crippen LogP) is 5.02. The van der Waals surface area contributed by atoms with Gasteiger partial charge in [-0.1, -0.05) is 12.1 Å². The maximum atomic E-state index is 12.8. The molecule has 1 amide bonds. The summed E-state index contributed by atoms with van der Waals surface area (Å²) in [5.74, 6) is 1.35. The Hall–Kier alpha value is -4.11. The zero-order valence-electron chi connectivity index (χ0n) is 18.8. The summed E-state index contributed by atoms with van der Waals surface area (Å²) < 4.78 is 38.9. The summed E-state index contributed by atoms with van der Waals surface area (Å²) >= 11 is 0. The first-order valence-corrected chi connectivity index (χ1v) is 11.9. The molecule has 0 bridgehead atoms. The van der Waals surface area contributed by atoms with Gasteiger partial charge in [-0.2, -0.15) is 0 Å². The Morgan fingerprint density at radius 2 is 1.68 bits per heavy atom. The standard InChI is InChI=1S/C25H23N3O5S/c1-16-17(2)33-25(26-16)19-7-4-8-21(14-19)27-24(29)18-6-5-9-23(15-18)34(30,31)28-20-10-12-22(32-3)13-11-20/h4-15,28H,1-3H3,(H,27,29). The topological polar surface area (TPSA) is 111 Å². The van der Waals surface area contributed by atoms with Crippen LogP contribution in [-0.4, -0.2) is 26.4 Å². The van der Waals surface area contributed by atoms with Gasteiger partial charge in [0.25, 0.3) is 15.9 Å². The Labute approximate surface area is 197 Å². The lowest BCUT2D eigenvalue weighted by molar-refractivity contribution is 0.102. The van der Waals surface area contributed by atoms with E-state index < -0.39 is 15.9 Å². The largest absolute Gasteiger partial charge is 0.497 e. The first-order valence-electron chi connectivity index (χ1n) is 10.4. The average molecular weight is 478 g/mol. The molecule has 0 radical (unpaired) electrons. The van der Waals surface area contributed by atoms with Crippen LogP contribution >= 0.6 is 0 Å². The highest BCUT2D eigenvalue weighted by atomic mass is 32.2. The van der Waals surface area contributed by atoms with Gasteiger partial charge in [-0.05, 0) is 74.5 Å². The number of nitrogens with zero attached hydrogens (tertiary/aromatic N) is 1. The van der Waals surface area contributed by atoms with E-state index in [1.54, 1.807) is 48.5 Å². The zero-order chi connectivity index (χ0) is 24.3. The van der Waals surface area contributed by atoms with Crippen LogP contribution in [0.1, 0.15) is 21.8 Å². The van der Waals surface area contributed by atoms with Crippen LogP contribution in [0, 0.1) is 13.8 Å². The number of amides is 1. The molecule has 0 aliphatic carbocycles. The highest BCUT2D eigenvalue weighted by Crippen LogP contribution is 2.25. The number of benzene rings is 3. The van der Waals surface area contributed by atoms with Crippen LogP contribution in [-0.2, 0) is 10.0 Å². The SMILES string of the molecule is COc1ccc(NS(=O)(=O)c2cccc(C(=O)Nc3cccc(-c4nc(C)c(C)o4)c3)c2)cc1. The van der Waals surface area contributed by atoms with Crippen LogP contribution in [0.15, 0.2) is 82.1 Å². The van der Waals surface area contributed by atoms with Crippen molar-refractivity contribution in [1.29, 1.82) is 0 Å². The molecule has 8 nitrogen and oxygen atoms in total. The highest BCUT2D eigenvalue weighted by molar-refractivity contribution is 7.92. The molecule has 0 aliphatic heterocycles. The normalized spacial score (nSPS) is 11.1. The van der Waals surface area contributed by atoms with Gasteiger partial charge < -0.3 is 14.5 Å². The summed E-state index contributed by atoms with van der Waals surface area (Å²) in [6.07, 6.45) is 0. The summed E-state index contributed by atoms with van der Waals surface area (Å²) in [5, 5.41) is 2.79. The monoisotopic (exact) mass is 477 g/mol. The molecule has 0 fully saturated rings. The molecule has 3 aromatic carbocycles. The van der Waals surface area contributed by atoms with Gasteiger partial charge >= 0.3 is 0 Å². The molecule has 4 aromatic rings. The van der Waals surface area contributed by atoms with Crippen LogP contribution < -0.4 is 14.8 Å². The van der Waals surface area contributed by atoms with E-state index in [0.717, 1.165) is 11.5 Å². The molecule has 0 spiro atoms. The summed E-state index contributed by atoms with van der Waals surface area (Å²) in [4.78, 5) is 17.2. The second-order valence-electron chi connectivity index (χ2n) is 7.56. The van der Waals surface area contributed by atoms with Crippen LogP contribution in [0.25, 0.3) is 11.5 Å². The van der Waals surface area contributed by atoms with Crippen LogP contribution in [0.5, 0.6) is 5.75 Å². The van der Waals surface area contributed by atoms with E-state index in [0.29, 0.717) is 28.6 Å². The van der Waals surface area contributed by atoms with Crippen molar-refractivity contribution in [1.82, 2.24) is 4.98 Å². The highest BCUT2D eigenvalue weighted by Gasteiger charge is 2.17. The third-order valence-electron chi connectivity index (χ3n) is 5.14. The Balaban J connectivity index is 1.52. The van der Waals surface area contributed by atoms with E-state index in [-0.39, 0.29) is 10.5 Å². The first kappa shape index (κ1) is 23.1. The smallest absolute Gasteiger partial charge is 0.261 e. The van der Waals surface area contributed by atoms with Gasteiger partial charge in [-0.15, -0.1) is 0 Å². The lowest BCUT2D eigenvalue weighted by Gasteiger charge is -2.11. The lowest BCUT2D eigenvalue weighted by atomic mass is 10.1. The van der Waals surface area contributed by atoms with Crippen molar-refractivity contribution in [3.8, 4) is 17.2 Å². The predicted molar refractivity (Wildman–Crippen MR) is 130 cm³/mol. The molecule has 0 aliphatic rings.